The Balaban J connectivity index is 1.82. The van der Waals surface area contributed by atoms with Gasteiger partial charge >= 0.3 is 0 Å². The minimum Gasteiger partial charge on any atom is -0.487 e. The molecule has 1 aliphatic rings. The van der Waals surface area contributed by atoms with Gasteiger partial charge in [0.25, 0.3) is 0 Å². The largest absolute Gasteiger partial charge is 0.487 e. The van der Waals surface area contributed by atoms with Crippen LogP contribution in [-0.2, 0) is 13.0 Å². The Hall–Kier alpha value is -1.39. The van der Waals surface area contributed by atoms with Crippen molar-refractivity contribution in [3.63, 3.8) is 0 Å². The fourth-order valence-electron chi connectivity index (χ4n) is 2.71. The topological polar surface area (TPSA) is 34.1 Å². The third kappa shape index (κ3) is 2.65. The fourth-order valence-corrected chi connectivity index (χ4v) is 3.25. The number of rotatable bonds is 4. The van der Waals surface area contributed by atoms with Crippen molar-refractivity contribution in [3.8, 4) is 5.75 Å². The first-order valence-electron chi connectivity index (χ1n) is 6.67. The lowest BCUT2D eigenvalue weighted by Crippen LogP contribution is -2.22. The van der Waals surface area contributed by atoms with Gasteiger partial charge in [-0.1, -0.05) is 12.1 Å². The third-order valence-corrected chi connectivity index (χ3v) is 4.31. The summed E-state index contributed by atoms with van der Waals surface area (Å²) >= 11 is 1.61. The second-order valence-electron chi connectivity index (χ2n) is 4.83. The van der Waals surface area contributed by atoms with Gasteiger partial charge in [-0.25, -0.2) is 4.98 Å². The Morgan fingerprint density at radius 3 is 3.21 bits per heavy atom. The molecular formula is C15H18N2OS. The lowest BCUT2D eigenvalue weighted by atomic mass is 9.87. The zero-order valence-electron chi connectivity index (χ0n) is 11.1. The number of hydrogen-bond donors (Lipinski definition) is 1. The number of fused-ring (bicyclic) bond motifs is 1. The summed E-state index contributed by atoms with van der Waals surface area (Å²) in [7, 11) is 2.03. The van der Waals surface area contributed by atoms with Crippen LogP contribution >= 0.6 is 11.3 Å². The quantitative estimate of drug-likeness (QED) is 0.928. The van der Waals surface area contributed by atoms with Crippen LogP contribution in [0.5, 0.6) is 5.75 Å². The van der Waals surface area contributed by atoms with Gasteiger partial charge < -0.3 is 10.1 Å². The molecule has 3 rings (SSSR count). The van der Waals surface area contributed by atoms with Crippen molar-refractivity contribution in [1.82, 2.24) is 10.3 Å². The molecule has 1 unspecified atom stereocenters. The van der Waals surface area contributed by atoms with Crippen LogP contribution in [0, 0.1) is 0 Å². The van der Waals surface area contributed by atoms with E-state index in [1.54, 1.807) is 11.3 Å². The molecular weight excluding hydrogens is 256 g/mol. The molecule has 1 atom stereocenters. The Kier molecular flexibility index (Phi) is 3.80. The molecule has 1 N–H and O–H groups in total. The first-order valence-corrected chi connectivity index (χ1v) is 7.61. The van der Waals surface area contributed by atoms with Crippen molar-refractivity contribution in [2.24, 2.45) is 0 Å². The van der Waals surface area contributed by atoms with E-state index in [4.69, 9.17) is 4.74 Å². The SMILES string of the molecule is CNC1CCCc2c(OCc3cscn3)cccc21. The lowest BCUT2D eigenvalue weighted by Gasteiger charge is -2.26. The van der Waals surface area contributed by atoms with Gasteiger partial charge in [-0.15, -0.1) is 11.3 Å². The normalized spacial score (nSPS) is 18.1. The molecule has 1 aliphatic carbocycles. The van der Waals surface area contributed by atoms with Crippen LogP contribution in [0.25, 0.3) is 0 Å². The number of nitrogens with one attached hydrogen (secondary N) is 1. The van der Waals surface area contributed by atoms with Crippen molar-refractivity contribution >= 4 is 11.3 Å². The number of ether oxygens (including phenoxy) is 1. The van der Waals surface area contributed by atoms with Gasteiger partial charge in [0, 0.05) is 11.4 Å². The highest BCUT2D eigenvalue weighted by Gasteiger charge is 2.21. The zero-order valence-corrected chi connectivity index (χ0v) is 11.9. The maximum Gasteiger partial charge on any atom is 0.131 e. The van der Waals surface area contributed by atoms with Crippen LogP contribution in [0.15, 0.2) is 29.1 Å². The predicted molar refractivity (Wildman–Crippen MR) is 77.6 cm³/mol. The van der Waals surface area contributed by atoms with Crippen LogP contribution < -0.4 is 10.1 Å². The van der Waals surface area contributed by atoms with Crippen LogP contribution in [0.1, 0.15) is 35.7 Å². The Bertz CT molecular complexity index is 539. The van der Waals surface area contributed by atoms with Crippen LogP contribution in [0.4, 0.5) is 0 Å². The van der Waals surface area contributed by atoms with E-state index in [0.29, 0.717) is 12.6 Å². The van der Waals surface area contributed by atoms with E-state index in [2.05, 4.69) is 28.5 Å². The van der Waals surface area contributed by atoms with Crippen molar-refractivity contribution in [3.05, 3.63) is 45.9 Å². The molecule has 1 heterocycles. The molecule has 0 radical (unpaired) electrons. The number of benzene rings is 1. The van der Waals surface area contributed by atoms with Crippen LogP contribution in [0.3, 0.4) is 0 Å². The summed E-state index contributed by atoms with van der Waals surface area (Å²) in [5.41, 5.74) is 5.60. The molecule has 0 fully saturated rings. The highest BCUT2D eigenvalue weighted by atomic mass is 32.1. The molecule has 0 saturated heterocycles. The maximum absolute atomic E-state index is 5.96. The molecule has 0 bridgehead atoms. The van der Waals surface area contributed by atoms with Gasteiger partial charge in [-0.3, -0.25) is 0 Å². The standard InChI is InChI=1S/C15H18N2OS/c1-16-14-6-2-5-13-12(14)4-3-7-15(13)18-8-11-9-19-10-17-11/h3-4,7,9-10,14,16H,2,5-6,8H2,1H3. The average Bonchev–Trinajstić information content (AvgIpc) is 2.97. The molecule has 1 aromatic heterocycles. The first kappa shape index (κ1) is 12.6. The van der Waals surface area contributed by atoms with Crippen molar-refractivity contribution in [1.29, 1.82) is 0 Å². The number of aromatic nitrogens is 1. The van der Waals surface area contributed by atoms with E-state index in [9.17, 15) is 0 Å². The van der Waals surface area contributed by atoms with E-state index in [-0.39, 0.29) is 0 Å². The maximum atomic E-state index is 5.96. The highest BCUT2D eigenvalue weighted by Crippen LogP contribution is 2.35. The monoisotopic (exact) mass is 274 g/mol. The molecule has 2 aromatic rings. The molecule has 100 valence electrons. The summed E-state index contributed by atoms with van der Waals surface area (Å²) in [6.45, 7) is 0.560. The summed E-state index contributed by atoms with van der Waals surface area (Å²) in [5, 5.41) is 5.42. The van der Waals surface area contributed by atoms with Crippen molar-refractivity contribution in [2.45, 2.75) is 31.9 Å². The Labute approximate surface area is 117 Å². The van der Waals surface area contributed by atoms with Crippen LogP contribution in [-0.4, -0.2) is 12.0 Å². The Morgan fingerprint density at radius 2 is 2.42 bits per heavy atom. The third-order valence-electron chi connectivity index (χ3n) is 3.67. The number of thiazole rings is 1. The second kappa shape index (κ2) is 5.72. The number of hydrogen-bond acceptors (Lipinski definition) is 4. The van der Waals surface area contributed by atoms with Gasteiger partial charge in [-0.05, 0) is 43.5 Å². The summed E-state index contributed by atoms with van der Waals surface area (Å²) < 4.78 is 5.96. The summed E-state index contributed by atoms with van der Waals surface area (Å²) in [5.74, 6) is 1.02. The second-order valence-corrected chi connectivity index (χ2v) is 5.54. The van der Waals surface area contributed by atoms with Gasteiger partial charge in [-0.2, -0.15) is 0 Å². The molecule has 0 spiro atoms. The first-order chi connectivity index (χ1) is 9.38. The van der Waals surface area contributed by atoms with Gasteiger partial charge in [0.15, 0.2) is 0 Å². The fraction of sp³-hybridized carbons (Fsp3) is 0.400. The summed E-state index contributed by atoms with van der Waals surface area (Å²) in [6, 6.07) is 6.84. The van der Waals surface area contributed by atoms with Crippen molar-refractivity contribution < 1.29 is 4.74 Å². The average molecular weight is 274 g/mol. The molecule has 0 saturated carbocycles. The number of nitrogens with zero attached hydrogens (tertiary/aromatic N) is 1. The van der Waals surface area contributed by atoms with E-state index in [0.717, 1.165) is 17.9 Å². The molecule has 1 aromatic carbocycles. The molecule has 3 nitrogen and oxygen atoms in total. The van der Waals surface area contributed by atoms with E-state index < -0.39 is 0 Å². The van der Waals surface area contributed by atoms with Gasteiger partial charge in [0.05, 0.1) is 11.2 Å². The van der Waals surface area contributed by atoms with Gasteiger partial charge in [0.1, 0.15) is 12.4 Å². The predicted octanol–water partition coefficient (Wildman–Crippen LogP) is 3.32. The smallest absolute Gasteiger partial charge is 0.131 e. The molecule has 19 heavy (non-hydrogen) atoms. The minimum atomic E-state index is 0.464. The van der Waals surface area contributed by atoms with Crippen molar-refractivity contribution in [2.75, 3.05) is 7.05 Å². The van der Waals surface area contributed by atoms with Gasteiger partial charge in [0.2, 0.25) is 0 Å². The molecule has 0 amide bonds. The minimum absolute atomic E-state index is 0.464. The zero-order chi connectivity index (χ0) is 13.1. The van der Waals surface area contributed by atoms with E-state index in [1.165, 1.54) is 24.0 Å². The van der Waals surface area contributed by atoms with E-state index in [1.807, 2.05) is 17.9 Å². The lowest BCUT2D eigenvalue weighted by molar-refractivity contribution is 0.296. The Morgan fingerprint density at radius 1 is 1.47 bits per heavy atom. The van der Waals surface area contributed by atoms with E-state index >= 15 is 0 Å². The summed E-state index contributed by atoms with van der Waals surface area (Å²) in [4.78, 5) is 4.26. The summed E-state index contributed by atoms with van der Waals surface area (Å²) in [6.07, 6.45) is 3.54. The molecule has 0 aliphatic heterocycles. The van der Waals surface area contributed by atoms with Crippen LogP contribution in [0.2, 0.25) is 0 Å². The highest BCUT2D eigenvalue weighted by molar-refractivity contribution is 7.07. The molecule has 4 heteroatoms.